The van der Waals surface area contributed by atoms with Gasteiger partial charge in [-0.1, -0.05) is 13.0 Å². The van der Waals surface area contributed by atoms with Crippen molar-refractivity contribution in [3.05, 3.63) is 51.0 Å². The van der Waals surface area contributed by atoms with Crippen LogP contribution in [-0.2, 0) is 30.7 Å². The number of nitrogens with zero attached hydrogens (tertiary/aromatic N) is 3. The van der Waals surface area contributed by atoms with Gasteiger partial charge < -0.3 is 10.2 Å². The van der Waals surface area contributed by atoms with Crippen LogP contribution in [-0.4, -0.2) is 52.8 Å². The summed E-state index contributed by atoms with van der Waals surface area (Å²) in [7, 11) is 0. The molecule has 0 aliphatic carbocycles. The molecule has 1 fully saturated rings. The van der Waals surface area contributed by atoms with E-state index in [1.54, 1.807) is 11.3 Å². The molecule has 148 valence electrons. The zero-order valence-corrected chi connectivity index (χ0v) is 17.1. The van der Waals surface area contributed by atoms with Crippen LogP contribution in [0.4, 0.5) is 0 Å². The Morgan fingerprint density at radius 2 is 2.14 bits per heavy atom. The highest BCUT2D eigenvalue weighted by atomic mass is 32.1. The number of fused-ring (bicyclic) bond motifs is 1. The molecule has 4 rings (SSSR count). The van der Waals surface area contributed by atoms with E-state index in [4.69, 9.17) is 0 Å². The first kappa shape index (κ1) is 19.1. The third kappa shape index (κ3) is 4.10. The minimum Gasteiger partial charge on any atom is -0.354 e. The van der Waals surface area contributed by atoms with E-state index in [2.05, 4.69) is 34.3 Å². The molecule has 0 radical (unpaired) electrons. The van der Waals surface area contributed by atoms with Gasteiger partial charge in [-0.25, -0.2) is 0 Å². The van der Waals surface area contributed by atoms with Gasteiger partial charge in [-0.2, -0.15) is 0 Å². The second kappa shape index (κ2) is 8.41. The van der Waals surface area contributed by atoms with Gasteiger partial charge in [0.05, 0.1) is 11.3 Å². The van der Waals surface area contributed by atoms with E-state index in [0.717, 1.165) is 43.7 Å². The number of aromatic nitrogens is 1. The van der Waals surface area contributed by atoms with Crippen molar-refractivity contribution < 1.29 is 9.59 Å². The summed E-state index contributed by atoms with van der Waals surface area (Å²) in [4.78, 5) is 34.6. The zero-order chi connectivity index (χ0) is 19.5. The number of nitrogens with one attached hydrogen (secondary N) is 1. The number of aryl methyl sites for hydroxylation is 1. The van der Waals surface area contributed by atoms with Crippen molar-refractivity contribution >= 4 is 23.2 Å². The first-order valence-corrected chi connectivity index (χ1v) is 10.8. The summed E-state index contributed by atoms with van der Waals surface area (Å²) >= 11 is 1.68. The minimum atomic E-state index is 0.0267. The van der Waals surface area contributed by atoms with Crippen molar-refractivity contribution in [2.75, 3.05) is 26.2 Å². The molecule has 1 N–H and O–H groups in total. The molecule has 0 spiro atoms. The second-order valence-corrected chi connectivity index (χ2v) is 8.38. The van der Waals surface area contributed by atoms with Crippen LogP contribution >= 0.6 is 11.3 Å². The quantitative estimate of drug-likeness (QED) is 0.858. The molecular formula is C21H26N4O2S. The molecule has 2 aromatic heterocycles. The number of hydrogen-bond acceptors (Lipinski definition) is 5. The maximum absolute atomic E-state index is 13.0. The van der Waals surface area contributed by atoms with Crippen LogP contribution in [0.5, 0.6) is 0 Å². The summed E-state index contributed by atoms with van der Waals surface area (Å²) in [6, 6.07) is 4.27. The van der Waals surface area contributed by atoms with Crippen molar-refractivity contribution in [1.29, 1.82) is 0 Å². The highest BCUT2D eigenvalue weighted by Crippen LogP contribution is 2.30. The van der Waals surface area contributed by atoms with E-state index in [1.807, 2.05) is 16.5 Å². The number of carbonyl (C=O) groups excluding carboxylic acids is 2. The molecule has 2 aliphatic rings. The number of rotatable bonds is 4. The topological polar surface area (TPSA) is 65.5 Å². The van der Waals surface area contributed by atoms with Gasteiger partial charge in [0.15, 0.2) is 0 Å². The highest BCUT2D eigenvalue weighted by molar-refractivity contribution is 7.10. The molecule has 1 saturated heterocycles. The fraction of sp³-hybridized carbons (Fsp3) is 0.476. The predicted octanol–water partition coefficient (Wildman–Crippen LogP) is 2.23. The molecule has 6 nitrogen and oxygen atoms in total. The van der Waals surface area contributed by atoms with Crippen molar-refractivity contribution in [1.82, 2.24) is 20.1 Å². The molecule has 4 heterocycles. The molecule has 0 atom stereocenters. The number of pyridine rings is 1. The number of amides is 2. The molecule has 0 saturated carbocycles. The Hall–Kier alpha value is -2.25. The largest absolute Gasteiger partial charge is 0.354 e. The zero-order valence-electron chi connectivity index (χ0n) is 16.2. The van der Waals surface area contributed by atoms with Crippen LogP contribution in [0.15, 0.2) is 23.7 Å². The van der Waals surface area contributed by atoms with Crippen LogP contribution in [0, 0.1) is 0 Å². The second-order valence-electron chi connectivity index (χ2n) is 7.42. The molecule has 0 bridgehead atoms. The first-order valence-electron chi connectivity index (χ1n) is 9.95. The van der Waals surface area contributed by atoms with Crippen LogP contribution in [0.1, 0.15) is 45.4 Å². The Labute approximate surface area is 169 Å². The Kier molecular flexibility index (Phi) is 5.73. The van der Waals surface area contributed by atoms with Gasteiger partial charge in [0.25, 0.3) is 5.91 Å². The van der Waals surface area contributed by atoms with E-state index in [1.165, 1.54) is 16.0 Å². The summed E-state index contributed by atoms with van der Waals surface area (Å²) in [6.07, 6.45) is 4.24. The maximum Gasteiger partial charge on any atom is 0.255 e. The smallest absolute Gasteiger partial charge is 0.255 e. The molecule has 7 heteroatoms. The third-order valence-corrected chi connectivity index (χ3v) is 6.55. The monoisotopic (exact) mass is 398 g/mol. The van der Waals surface area contributed by atoms with Crippen LogP contribution < -0.4 is 5.32 Å². The molecular weight excluding hydrogens is 372 g/mol. The molecule has 2 aromatic rings. The Balaban J connectivity index is 1.42. The van der Waals surface area contributed by atoms with Gasteiger partial charge in [0.2, 0.25) is 5.91 Å². The lowest BCUT2D eigenvalue weighted by atomic mass is 10.0. The molecule has 28 heavy (non-hydrogen) atoms. The van der Waals surface area contributed by atoms with Crippen LogP contribution in [0.25, 0.3) is 0 Å². The number of thiophene rings is 1. The first-order chi connectivity index (χ1) is 13.6. The van der Waals surface area contributed by atoms with Crippen molar-refractivity contribution in [3.8, 4) is 0 Å². The van der Waals surface area contributed by atoms with E-state index < -0.39 is 0 Å². The lowest BCUT2D eigenvalue weighted by Gasteiger charge is -2.27. The Morgan fingerprint density at radius 3 is 2.93 bits per heavy atom. The number of carbonyl (C=O) groups is 2. The van der Waals surface area contributed by atoms with Gasteiger partial charge in [0, 0.05) is 62.1 Å². The average molecular weight is 399 g/mol. The Morgan fingerprint density at radius 1 is 1.25 bits per heavy atom. The van der Waals surface area contributed by atoms with Crippen molar-refractivity contribution in [3.63, 3.8) is 0 Å². The SMILES string of the molecule is CCc1ccc(CN2CCc3c(C(=O)N4CCNC(=O)CC4)csc3C2)nc1. The summed E-state index contributed by atoms with van der Waals surface area (Å²) < 4.78 is 0. The van der Waals surface area contributed by atoms with Crippen molar-refractivity contribution in [2.45, 2.75) is 39.3 Å². The van der Waals surface area contributed by atoms with Gasteiger partial charge in [0.1, 0.15) is 0 Å². The fourth-order valence-corrected chi connectivity index (χ4v) is 4.94. The van der Waals surface area contributed by atoms with Gasteiger partial charge in [-0.05, 0) is 30.0 Å². The summed E-state index contributed by atoms with van der Waals surface area (Å²) in [5.74, 6) is 0.0955. The molecule has 2 amide bonds. The van der Waals surface area contributed by atoms with E-state index in [9.17, 15) is 9.59 Å². The predicted molar refractivity (Wildman–Crippen MR) is 109 cm³/mol. The molecule has 2 aliphatic heterocycles. The average Bonchev–Trinajstić information content (AvgIpc) is 3.01. The van der Waals surface area contributed by atoms with Gasteiger partial charge in [-0.3, -0.25) is 19.5 Å². The van der Waals surface area contributed by atoms with E-state index in [0.29, 0.717) is 26.1 Å². The van der Waals surface area contributed by atoms with E-state index in [-0.39, 0.29) is 11.8 Å². The minimum absolute atomic E-state index is 0.0267. The Bertz CT molecular complexity index is 862. The molecule has 0 unspecified atom stereocenters. The van der Waals surface area contributed by atoms with E-state index >= 15 is 0 Å². The lowest BCUT2D eigenvalue weighted by molar-refractivity contribution is -0.120. The molecule has 0 aromatic carbocycles. The van der Waals surface area contributed by atoms with Gasteiger partial charge in [-0.15, -0.1) is 11.3 Å². The van der Waals surface area contributed by atoms with Crippen molar-refractivity contribution in [2.24, 2.45) is 0 Å². The van der Waals surface area contributed by atoms with Gasteiger partial charge >= 0.3 is 0 Å². The standard InChI is InChI=1S/C21H26N4O2S/c1-2-15-3-4-16(23-11-15)12-24-8-5-17-18(14-28-19(17)13-24)21(27)25-9-6-20(26)22-7-10-25/h3-4,11,14H,2,5-10,12-13H2,1H3,(H,22,26). The third-order valence-electron chi connectivity index (χ3n) is 5.54. The summed E-state index contributed by atoms with van der Waals surface area (Å²) in [6.45, 7) is 6.39. The lowest BCUT2D eigenvalue weighted by Crippen LogP contribution is -2.35. The number of hydrogen-bond donors (Lipinski definition) is 1. The van der Waals surface area contributed by atoms with Crippen LogP contribution in [0.2, 0.25) is 0 Å². The fourth-order valence-electron chi connectivity index (χ4n) is 3.82. The van der Waals surface area contributed by atoms with Crippen LogP contribution in [0.3, 0.4) is 0 Å². The summed E-state index contributed by atoms with van der Waals surface area (Å²) in [5.41, 5.74) is 4.38. The normalized spacial score (nSPS) is 17.8. The highest BCUT2D eigenvalue weighted by Gasteiger charge is 2.27. The summed E-state index contributed by atoms with van der Waals surface area (Å²) in [5, 5.41) is 4.84. The maximum atomic E-state index is 13.0.